The Labute approximate surface area is 260 Å². The van der Waals surface area contributed by atoms with Crippen LogP contribution in [0.3, 0.4) is 0 Å². The maximum atomic E-state index is 13.4. The molecule has 3 heterocycles. The van der Waals surface area contributed by atoms with E-state index in [-0.39, 0.29) is 6.61 Å². The second kappa shape index (κ2) is 11.8. The van der Waals surface area contributed by atoms with Gasteiger partial charge in [0, 0.05) is 27.9 Å². The van der Waals surface area contributed by atoms with Gasteiger partial charge in [-0.3, -0.25) is 0 Å². The zero-order valence-corrected chi connectivity index (χ0v) is 26.7. The third kappa shape index (κ3) is 5.96. The molecule has 7 nitrogen and oxygen atoms in total. The number of aromatic nitrogens is 4. The Balaban J connectivity index is 1.56. The van der Waals surface area contributed by atoms with Crippen LogP contribution in [-0.2, 0) is 14.3 Å². The summed E-state index contributed by atoms with van der Waals surface area (Å²) >= 11 is 7.85. The normalized spacial score (nSPS) is 14.7. The van der Waals surface area contributed by atoms with Gasteiger partial charge in [-0.1, -0.05) is 29.8 Å². The number of thiazole rings is 1. The average Bonchev–Trinajstić information content (AvgIpc) is 3.60. The monoisotopic (exact) mass is 614 g/mol. The number of nitrogens with zero attached hydrogens (tertiary/aromatic N) is 4. The summed E-state index contributed by atoms with van der Waals surface area (Å²) in [6, 6.07) is 11.6. The van der Waals surface area contributed by atoms with Gasteiger partial charge in [0.2, 0.25) is 0 Å². The Morgan fingerprint density at radius 2 is 1.93 bits per heavy atom. The molecule has 1 aliphatic carbocycles. The second-order valence-electron chi connectivity index (χ2n) is 11.8. The highest BCUT2D eigenvalue weighted by molar-refractivity contribution is 7.22. The van der Waals surface area contributed by atoms with E-state index in [1.165, 1.54) is 18.4 Å². The molecule has 0 unspecified atom stereocenters. The predicted molar refractivity (Wildman–Crippen MR) is 173 cm³/mol. The maximum absolute atomic E-state index is 13.4. The maximum Gasteiger partial charge on any atom is 0.339 e. The van der Waals surface area contributed by atoms with Gasteiger partial charge in [0.1, 0.15) is 10.7 Å². The average molecular weight is 615 g/mol. The van der Waals surface area contributed by atoms with E-state index in [0.29, 0.717) is 5.02 Å². The van der Waals surface area contributed by atoms with E-state index in [9.17, 15) is 4.79 Å². The molecule has 5 aromatic rings. The molecule has 0 fully saturated rings. The largest absolute Gasteiger partial charge is 0.464 e. The zero-order valence-electron chi connectivity index (χ0n) is 25.1. The summed E-state index contributed by atoms with van der Waals surface area (Å²) in [5.41, 5.74) is 7.70. The molecule has 0 N–H and O–H groups in total. The number of benzene rings is 2. The van der Waals surface area contributed by atoms with Crippen molar-refractivity contribution in [2.45, 2.75) is 72.0 Å². The summed E-state index contributed by atoms with van der Waals surface area (Å²) in [5.74, 6) is -0.419. The Morgan fingerprint density at radius 1 is 1.14 bits per heavy atom. The second-order valence-corrected chi connectivity index (χ2v) is 13.3. The number of halogens is 1. The summed E-state index contributed by atoms with van der Waals surface area (Å²) in [4.78, 5) is 23.6. The number of aryl methyl sites for hydroxylation is 1. The Morgan fingerprint density at radius 3 is 2.63 bits per heavy atom. The van der Waals surface area contributed by atoms with E-state index in [2.05, 4.69) is 11.2 Å². The molecule has 0 bridgehead atoms. The number of fused-ring (bicyclic) bond motifs is 2. The fourth-order valence-electron chi connectivity index (χ4n) is 5.66. The Hall–Kier alpha value is -3.59. The van der Waals surface area contributed by atoms with Gasteiger partial charge < -0.3 is 9.47 Å². The van der Waals surface area contributed by atoms with E-state index in [1.807, 2.05) is 81.0 Å². The minimum atomic E-state index is -0.923. The zero-order chi connectivity index (χ0) is 30.3. The lowest BCUT2D eigenvalue weighted by molar-refractivity contribution is -0.166. The third-order valence-corrected chi connectivity index (χ3v) is 8.88. The molecule has 222 valence electrons. The van der Waals surface area contributed by atoms with Gasteiger partial charge in [-0.05, 0) is 101 Å². The number of hydrogen-bond acceptors (Lipinski definition) is 7. The molecular weight excluding hydrogens is 580 g/mol. The van der Waals surface area contributed by atoms with Gasteiger partial charge in [0.25, 0.3) is 0 Å². The van der Waals surface area contributed by atoms with Crippen LogP contribution in [0.15, 0.2) is 54.9 Å². The highest BCUT2D eigenvalue weighted by atomic mass is 35.5. The topological polar surface area (TPSA) is 78.6 Å². The van der Waals surface area contributed by atoms with Gasteiger partial charge in [0.15, 0.2) is 11.8 Å². The fraction of sp³-hybridized carbons (Fsp3) is 0.353. The Bertz CT molecular complexity index is 1850. The molecule has 0 radical (unpaired) electrons. The molecule has 9 heteroatoms. The molecule has 0 aliphatic heterocycles. The van der Waals surface area contributed by atoms with Crippen LogP contribution in [0.1, 0.15) is 76.2 Å². The number of hydrogen-bond donors (Lipinski definition) is 0. The van der Waals surface area contributed by atoms with Crippen LogP contribution in [0.25, 0.3) is 43.3 Å². The molecule has 6 rings (SSSR count). The standard InChI is InChI=1S/C34H35ClN4O3S/c1-6-41-33(40)29(42-34(3,4)5)27-20(2)18-26-30(28(27)22-12-14-23(35)15-13-22)43-32(38-26)25-16-17-39-31(37-25)24(19-36-39)21-10-8-7-9-11-21/h10,12-19,29H,6-9,11H2,1-5H3/t29-/m0/s1. The van der Waals surface area contributed by atoms with Crippen molar-refractivity contribution in [3.63, 3.8) is 0 Å². The van der Waals surface area contributed by atoms with E-state index in [4.69, 9.17) is 31.0 Å². The molecule has 0 spiro atoms. The van der Waals surface area contributed by atoms with Gasteiger partial charge in [-0.15, -0.1) is 11.3 Å². The molecule has 0 amide bonds. The van der Waals surface area contributed by atoms with Crippen LogP contribution >= 0.6 is 22.9 Å². The highest BCUT2D eigenvalue weighted by Crippen LogP contribution is 2.44. The number of ether oxygens (including phenoxy) is 2. The fourth-order valence-corrected chi connectivity index (χ4v) is 6.88. The van der Waals surface area contributed by atoms with Crippen LogP contribution in [0.4, 0.5) is 0 Å². The van der Waals surface area contributed by atoms with Crippen molar-refractivity contribution < 1.29 is 14.3 Å². The molecular formula is C34H35ClN4O3S. The van der Waals surface area contributed by atoms with Crippen LogP contribution in [0.5, 0.6) is 0 Å². The number of carbonyl (C=O) groups excluding carboxylic acids is 1. The summed E-state index contributed by atoms with van der Waals surface area (Å²) in [6.45, 7) is 9.87. The van der Waals surface area contributed by atoms with Gasteiger partial charge in [0.05, 0.1) is 28.6 Å². The predicted octanol–water partition coefficient (Wildman–Crippen LogP) is 9.01. The van der Waals surface area contributed by atoms with E-state index in [0.717, 1.165) is 67.2 Å². The van der Waals surface area contributed by atoms with Crippen molar-refractivity contribution in [2.75, 3.05) is 6.61 Å². The van der Waals surface area contributed by atoms with Crippen LogP contribution in [0.2, 0.25) is 5.02 Å². The Kier molecular flexibility index (Phi) is 8.11. The van der Waals surface area contributed by atoms with Gasteiger partial charge >= 0.3 is 5.97 Å². The minimum Gasteiger partial charge on any atom is -0.464 e. The SMILES string of the molecule is CCOC(=O)[C@@H](OC(C)(C)C)c1c(C)cc2nc(-c3ccn4ncc(C5=CCCCC5)c4n3)sc2c1-c1ccc(Cl)cc1. The molecule has 3 aromatic heterocycles. The van der Waals surface area contributed by atoms with E-state index in [1.54, 1.807) is 18.3 Å². The van der Waals surface area contributed by atoms with Crippen molar-refractivity contribution >= 4 is 50.3 Å². The number of esters is 1. The van der Waals surface area contributed by atoms with Crippen LogP contribution < -0.4 is 0 Å². The lowest BCUT2D eigenvalue weighted by atomic mass is 9.91. The highest BCUT2D eigenvalue weighted by Gasteiger charge is 2.33. The summed E-state index contributed by atoms with van der Waals surface area (Å²) in [5, 5.41) is 5.99. The smallest absolute Gasteiger partial charge is 0.339 e. The molecule has 0 saturated carbocycles. The summed E-state index contributed by atoms with van der Waals surface area (Å²) in [7, 11) is 0. The van der Waals surface area contributed by atoms with E-state index >= 15 is 0 Å². The first-order chi connectivity index (χ1) is 20.6. The lowest BCUT2D eigenvalue weighted by Gasteiger charge is -2.29. The van der Waals surface area contributed by atoms with Crippen molar-refractivity contribution in [2.24, 2.45) is 0 Å². The number of carbonyl (C=O) groups is 1. The first-order valence-electron chi connectivity index (χ1n) is 14.7. The van der Waals surface area contributed by atoms with Gasteiger partial charge in [-0.25, -0.2) is 19.3 Å². The van der Waals surface area contributed by atoms with Crippen LogP contribution in [0, 0.1) is 6.92 Å². The van der Waals surface area contributed by atoms with Crippen molar-refractivity contribution in [1.29, 1.82) is 0 Å². The molecule has 2 aromatic carbocycles. The number of rotatable bonds is 7. The molecule has 43 heavy (non-hydrogen) atoms. The molecule has 0 saturated heterocycles. The van der Waals surface area contributed by atoms with Crippen molar-refractivity contribution in [3.8, 4) is 21.8 Å². The molecule has 1 aliphatic rings. The third-order valence-electron chi connectivity index (χ3n) is 7.52. The number of allylic oxidation sites excluding steroid dienone is 2. The lowest BCUT2D eigenvalue weighted by Crippen LogP contribution is -2.29. The first kappa shape index (κ1) is 29.5. The van der Waals surface area contributed by atoms with E-state index < -0.39 is 17.7 Å². The summed E-state index contributed by atoms with van der Waals surface area (Å²) < 4.78 is 14.7. The summed E-state index contributed by atoms with van der Waals surface area (Å²) in [6.07, 6.45) is 9.79. The van der Waals surface area contributed by atoms with Crippen LogP contribution in [-0.4, -0.2) is 37.8 Å². The van der Waals surface area contributed by atoms with Gasteiger partial charge in [-0.2, -0.15) is 5.10 Å². The minimum absolute atomic E-state index is 0.257. The quantitative estimate of drug-likeness (QED) is 0.170. The van der Waals surface area contributed by atoms with Crippen molar-refractivity contribution in [1.82, 2.24) is 19.6 Å². The van der Waals surface area contributed by atoms with Crippen molar-refractivity contribution in [3.05, 3.63) is 76.6 Å². The first-order valence-corrected chi connectivity index (χ1v) is 15.9. The molecule has 1 atom stereocenters.